The Balaban J connectivity index is 0.000000384. The quantitative estimate of drug-likeness (QED) is 0.259. The smallest absolute Gasteiger partial charge is 0.213 e. The van der Waals surface area contributed by atoms with E-state index in [0.29, 0.717) is 0 Å². The van der Waals surface area contributed by atoms with Crippen LogP contribution in [0.1, 0.15) is 76.0 Å². The van der Waals surface area contributed by atoms with Gasteiger partial charge in [0.25, 0.3) is 0 Å². The summed E-state index contributed by atoms with van der Waals surface area (Å²) in [5, 5.41) is 0. The predicted octanol–water partition coefficient (Wildman–Crippen LogP) is 8.24. The Bertz CT molecular complexity index is 508. The van der Waals surface area contributed by atoms with Gasteiger partial charge in [-0.05, 0) is 0 Å². The van der Waals surface area contributed by atoms with Gasteiger partial charge in [0, 0.05) is 0 Å². The molecule has 0 spiro atoms. The third kappa shape index (κ3) is 14.3. The summed E-state index contributed by atoms with van der Waals surface area (Å²) in [6.45, 7) is 6.68. The Morgan fingerprint density at radius 2 is 0.643 bits per heavy atom. The van der Waals surface area contributed by atoms with Crippen LogP contribution in [0.2, 0.25) is 0 Å². The summed E-state index contributed by atoms with van der Waals surface area (Å²) in [7, 11) is 0. The van der Waals surface area contributed by atoms with Crippen molar-refractivity contribution < 1.29 is 35.6 Å². The zero-order valence-corrected chi connectivity index (χ0v) is 22.0. The zero-order chi connectivity index (χ0) is 19.6. The molecule has 0 aliphatic heterocycles. The molecular formula is C27H39La. The molecule has 0 amide bonds. The van der Waals surface area contributed by atoms with E-state index in [1.54, 1.807) is 0 Å². The summed E-state index contributed by atoms with van der Waals surface area (Å²) in [5.41, 5.74) is 4.45. The van der Waals surface area contributed by atoms with Crippen molar-refractivity contribution in [1.29, 1.82) is 0 Å². The first-order valence-corrected chi connectivity index (χ1v) is 10.9. The first-order chi connectivity index (χ1) is 13.3. The molecule has 0 aromatic heterocycles. The van der Waals surface area contributed by atoms with Crippen molar-refractivity contribution in [2.24, 2.45) is 0 Å². The van der Waals surface area contributed by atoms with Crippen LogP contribution in [-0.2, 0) is 19.3 Å². The standard InChI is InChI=1S/3C9H13.La/c3*1-2-3-6-9-7-4-5-8-9;/h3*4-5,7-8H,2-3,6H2,1H3;/q3*-1;+3. The molecule has 3 aromatic carbocycles. The van der Waals surface area contributed by atoms with Gasteiger partial charge in [-0.2, -0.15) is 53.1 Å². The van der Waals surface area contributed by atoms with Gasteiger partial charge < -0.3 is 0 Å². The maximum Gasteiger partial charge on any atom is 3.00 e. The second-order valence-corrected chi connectivity index (χ2v) is 7.19. The molecule has 0 N–H and O–H groups in total. The fourth-order valence-electron chi connectivity index (χ4n) is 2.88. The van der Waals surface area contributed by atoms with E-state index in [1.165, 1.54) is 74.5 Å². The molecule has 3 rings (SSSR count). The molecule has 0 atom stereocenters. The molecule has 0 saturated heterocycles. The second kappa shape index (κ2) is 19.6. The molecule has 3 aromatic rings. The van der Waals surface area contributed by atoms with Crippen molar-refractivity contribution in [3.8, 4) is 0 Å². The van der Waals surface area contributed by atoms with Gasteiger partial charge in [0.15, 0.2) is 0 Å². The monoisotopic (exact) mass is 502 g/mol. The van der Waals surface area contributed by atoms with Crippen molar-refractivity contribution in [2.75, 3.05) is 0 Å². The van der Waals surface area contributed by atoms with Gasteiger partial charge in [-0.3, -0.25) is 0 Å². The van der Waals surface area contributed by atoms with Crippen LogP contribution in [0.15, 0.2) is 72.8 Å². The van der Waals surface area contributed by atoms with Crippen LogP contribution in [0, 0.1) is 35.6 Å². The first-order valence-electron chi connectivity index (χ1n) is 10.9. The van der Waals surface area contributed by atoms with E-state index in [9.17, 15) is 0 Å². The van der Waals surface area contributed by atoms with Crippen LogP contribution >= 0.6 is 0 Å². The summed E-state index contributed by atoms with van der Waals surface area (Å²) >= 11 is 0. The Hall–Kier alpha value is -0.755. The minimum absolute atomic E-state index is 0. The molecule has 0 radical (unpaired) electrons. The van der Waals surface area contributed by atoms with Gasteiger partial charge in [-0.25, -0.2) is 36.4 Å². The fraction of sp³-hybridized carbons (Fsp3) is 0.444. The normalized spacial score (nSPS) is 9.54. The van der Waals surface area contributed by atoms with Gasteiger partial charge in [0.2, 0.25) is 0 Å². The number of rotatable bonds is 9. The Morgan fingerprint density at radius 3 is 0.821 bits per heavy atom. The van der Waals surface area contributed by atoms with Gasteiger partial charge >= 0.3 is 35.6 Å². The molecule has 0 bridgehead atoms. The number of hydrogen-bond acceptors (Lipinski definition) is 0. The molecule has 0 saturated carbocycles. The van der Waals surface area contributed by atoms with Crippen LogP contribution in [-0.4, -0.2) is 0 Å². The van der Waals surface area contributed by atoms with Gasteiger partial charge in [-0.15, -0.1) is 0 Å². The molecule has 0 heterocycles. The number of hydrogen-bond donors (Lipinski definition) is 0. The fourth-order valence-corrected chi connectivity index (χ4v) is 2.88. The Labute approximate surface area is 202 Å². The van der Waals surface area contributed by atoms with E-state index in [0.717, 1.165) is 0 Å². The minimum Gasteiger partial charge on any atom is -0.213 e. The molecule has 150 valence electrons. The van der Waals surface area contributed by atoms with Crippen molar-refractivity contribution >= 4 is 0 Å². The van der Waals surface area contributed by atoms with Crippen molar-refractivity contribution in [1.82, 2.24) is 0 Å². The molecule has 28 heavy (non-hydrogen) atoms. The molecule has 0 nitrogen and oxygen atoms in total. The van der Waals surface area contributed by atoms with E-state index in [1.807, 2.05) is 0 Å². The average molecular weight is 503 g/mol. The molecule has 0 aliphatic rings. The summed E-state index contributed by atoms with van der Waals surface area (Å²) in [4.78, 5) is 0. The molecule has 0 fully saturated rings. The maximum absolute atomic E-state index is 2.23. The van der Waals surface area contributed by atoms with Gasteiger partial charge in [0.05, 0.1) is 0 Å². The van der Waals surface area contributed by atoms with Crippen molar-refractivity contribution in [2.45, 2.75) is 78.6 Å². The average Bonchev–Trinajstić information content (AvgIpc) is 3.47. The van der Waals surface area contributed by atoms with Crippen LogP contribution in [0.4, 0.5) is 0 Å². The zero-order valence-electron chi connectivity index (χ0n) is 18.4. The predicted molar refractivity (Wildman–Crippen MR) is 122 cm³/mol. The summed E-state index contributed by atoms with van der Waals surface area (Å²) in [6, 6.07) is 25.8. The van der Waals surface area contributed by atoms with Crippen LogP contribution in [0.25, 0.3) is 0 Å². The largest absolute Gasteiger partial charge is 3.00 e. The van der Waals surface area contributed by atoms with Crippen LogP contribution < -0.4 is 0 Å². The number of unbranched alkanes of at least 4 members (excludes halogenated alkanes) is 3. The van der Waals surface area contributed by atoms with E-state index in [-0.39, 0.29) is 35.6 Å². The Kier molecular flexibility index (Phi) is 19.0. The molecule has 1 heteroatoms. The van der Waals surface area contributed by atoms with Crippen LogP contribution in [0.3, 0.4) is 0 Å². The SMILES string of the molecule is CCCC[c-]1cccc1.CCCC[c-]1cccc1.CCCC[c-]1cccc1.[La+3]. The van der Waals surface area contributed by atoms with Crippen molar-refractivity contribution in [3.63, 3.8) is 0 Å². The van der Waals surface area contributed by atoms with Gasteiger partial charge in [0.1, 0.15) is 0 Å². The second-order valence-electron chi connectivity index (χ2n) is 7.19. The molecule has 0 aliphatic carbocycles. The third-order valence-corrected chi connectivity index (χ3v) is 4.65. The summed E-state index contributed by atoms with van der Waals surface area (Å²) in [5.74, 6) is 0. The Morgan fingerprint density at radius 1 is 0.429 bits per heavy atom. The summed E-state index contributed by atoms with van der Waals surface area (Å²) < 4.78 is 0. The minimum atomic E-state index is 0. The maximum atomic E-state index is 2.23. The van der Waals surface area contributed by atoms with Crippen molar-refractivity contribution in [3.05, 3.63) is 89.5 Å². The van der Waals surface area contributed by atoms with E-state index in [4.69, 9.17) is 0 Å². The third-order valence-electron chi connectivity index (χ3n) is 4.65. The van der Waals surface area contributed by atoms with E-state index < -0.39 is 0 Å². The van der Waals surface area contributed by atoms with E-state index in [2.05, 4.69) is 93.6 Å². The number of aryl methyl sites for hydroxylation is 3. The van der Waals surface area contributed by atoms with Gasteiger partial charge in [-0.1, -0.05) is 78.6 Å². The molecule has 0 unspecified atom stereocenters. The summed E-state index contributed by atoms with van der Waals surface area (Å²) in [6.07, 6.45) is 11.6. The first kappa shape index (κ1) is 27.2. The topological polar surface area (TPSA) is 0 Å². The van der Waals surface area contributed by atoms with E-state index >= 15 is 0 Å². The molecular weight excluding hydrogens is 463 g/mol. The van der Waals surface area contributed by atoms with Crippen LogP contribution in [0.5, 0.6) is 0 Å².